The molecule has 0 radical (unpaired) electrons. The van der Waals surface area contributed by atoms with Crippen LogP contribution in [-0.4, -0.2) is 49.1 Å². The highest BCUT2D eigenvalue weighted by Gasteiger charge is 2.23. The number of carbonyl (C=O) groups is 1. The van der Waals surface area contributed by atoms with Crippen molar-refractivity contribution in [3.63, 3.8) is 0 Å². The number of rotatable bonds is 5. The van der Waals surface area contributed by atoms with Gasteiger partial charge in [0, 0.05) is 25.7 Å². The highest BCUT2D eigenvalue weighted by Crippen LogP contribution is 2.02. The van der Waals surface area contributed by atoms with E-state index in [2.05, 4.69) is 23.6 Å². The predicted molar refractivity (Wildman–Crippen MR) is 66.4 cm³/mol. The fourth-order valence-electron chi connectivity index (χ4n) is 2.07. The molecule has 2 N–H and O–H groups in total. The first kappa shape index (κ1) is 13.9. The molecular weight excluding hydrogens is 216 g/mol. The summed E-state index contributed by atoms with van der Waals surface area (Å²) >= 11 is 0. The summed E-state index contributed by atoms with van der Waals surface area (Å²) in [5.74, 6) is 0.0214. The van der Waals surface area contributed by atoms with E-state index in [0.717, 1.165) is 25.9 Å². The smallest absolute Gasteiger partial charge is 0.234 e. The second-order valence-corrected chi connectivity index (χ2v) is 4.58. The molecule has 96 valence electrons. The van der Waals surface area contributed by atoms with Gasteiger partial charge in [-0.25, -0.2) is 0 Å². The lowest BCUT2D eigenvalue weighted by Gasteiger charge is -2.31. The van der Waals surface area contributed by atoms with Crippen molar-refractivity contribution in [2.45, 2.75) is 38.8 Å². The zero-order valence-electron chi connectivity index (χ0n) is 10.7. The first-order valence-corrected chi connectivity index (χ1v) is 6.31. The van der Waals surface area contributed by atoms with Crippen molar-refractivity contribution < 1.29 is 4.79 Å². The summed E-state index contributed by atoms with van der Waals surface area (Å²) in [5.41, 5.74) is 0. The Hall–Kier alpha value is -1.12. The quantitative estimate of drug-likeness (QED) is 0.712. The van der Waals surface area contributed by atoms with Gasteiger partial charge in [0.2, 0.25) is 5.91 Å². The minimum atomic E-state index is -0.184. The van der Waals surface area contributed by atoms with Gasteiger partial charge in [0.25, 0.3) is 0 Å². The molecule has 0 saturated carbocycles. The molecular formula is C12H22N4O. The van der Waals surface area contributed by atoms with Crippen LogP contribution in [-0.2, 0) is 4.79 Å². The minimum Gasteiger partial charge on any atom is -0.353 e. The highest BCUT2D eigenvalue weighted by molar-refractivity contribution is 5.78. The van der Waals surface area contributed by atoms with Crippen molar-refractivity contribution in [2.75, 3.05) is 26.2 Å². The third-order valence-corrected chi connectivity index (χ3v) is 2.98. The number of nitrogens with one attached hydrogen (secondary N) is 2. The fourth-order valence-corrected chi connectivity index (χ4v) is 2.07. The SMILES string of the molecule is CCCC(C)NC(=O)CN1CCNCC1C#N. The molecule has 2 unspecified atom stereocenters. The van der Waals surface area contributed by atoms with Crippen LogP contribution in [0.25, 0.3) is 0 Å². The minimum absolute atomic E-state index is 0.0214. The number of hydrogen-bond acceptors (Lipinski definition) is 4. The van der Waals surface area contributed by atoms with Crippen LogP contribution in [0.5, 0.6) is 0 Å². The molecule has 1 saturated heterocycles. The Morgan fingerprint density at radius 3 is 3.12 bits per heavy atom. The summed E-state index contributed by atoms with van der Waals surface area (Å²) in [6.07, 6.45) is 2.06. The number of hydrogen-bond donors (Lipinski definition) is 2. The lowest BCUT2D eigenvalue weighted by molar-refractivity contribution is -0.123. The van der Waals surface area contributed by atoms with Crippen LogP contribution in [0.15, 0.2) is 0 Å². The van der Waals surface area contributed by atoms with Gasteiger partial charge in [-0.15, -0.1) is 0 Å². The first-order valence-electron chi connectivity index (χ1n) is 6.31. The van der Waals surface area contributed by atoms with Crippen LogP contribution in [0.2, 0.25) is 0 Å². The van der Waals surface area contributed by atoms with Gasteiger partial charge < -0.3 is 10.6 Å². The zero-order chi connectivity index (χ0) is 12.7. The Balaban J connectivity index is 2.36. The van der Waals surface area contributed by atoms with Crippen LogP contribution in [0, 0.1) is 11.3 Å². The molecule has 0 aromatic carbocycles. The monoisotopic (exact) mass is 238 g/mol. The predicted octanol–water partition coefficient (Wildman–Crippen LogP) is 0.0886. The topological polar surface area (TPSA) is 68.2 Å². The molecule has 1 aliphatic rings. The summed E-state index contributed by atoms with van der Waals surface area (Å²) in [5, 5.41) is 15.1. The van der Waals surface area contributed by atoms with E-state index in [1.54, 1.807) is 0 Å². The molecule has 1 aliphatic heterocycles. The highest BCUT2D eigenvalue weighted by atomic mass is 16.2. The van der Waals surface area contributed by atoms with Crippen LogP contribution < -0.4 is 10.6 Å². The molecule has 5 heteroatoms. The van der Waals surface area contributed by atoms with Crippen molar-refractivity contribution >= 4 is 5.91 Å². The maximum atomic E-state index is 11.8. The normalized spacial score (nSPS) is 22.8. The van der Waals surface area contributed by atoms with Crippen LogP contribution in [0.1, 0.15) is 26.7 Å². The van der Waals surface area contributed by atoms with Gasteiger partial charge in [-0.1, -0.05) is 13.3 Å². The van der Waals surface area contributed by atoms with Crippen LogP contribution in [0.3, 0.4) is 0 Å². The molecule has 5 nitrogen and oxygen atoms in total. The van der Waals surface area contributed by atoms with E-state index in [1.165, 1.54) is 0 Å². The molecule has 17 heavy (non-hydrogen) atoms. The third-order valence-electron chi connectivity index (χ3n) is 2.98. The molecule has 1 fully saturated rings. The number of nitrogens with zero attached hydrogens (tertiary/aromatic N) is 2. The Labute approximate surface area is 103 Å². The molecule has 1 heterocycles. The number of piperazine rings is 1. The van der Waals surface area contributed by atoms with E-state index in [9.17, 15) is 4.79 Å². The fraction of sp³-hybridized carbons (Fsp3) is 0.833. The van der Waals surface area contributed by atoms with Crippen molar-refractivity contribution in [3.05, 3.63) is 0 Å². The van der Waals surface area contributed by atoms with E-state index < -0.39 is 0 Å². The molecule has 1 amide bonds. The third kappa shape index (κ3) is 4.72. The number of nitriles is 1. The summed E-state index contributed by atoms with van der Waals surface area (Å²) < 4.78 is 0. The van der Waals surface area contributed by atoms with E-state index in [1.807, 2.05) is 11.8 Å². The van der Waals surface area contributed by atoms with Crippen LogP contribution in [0.4, 0.5) is 0 Å². The number of carbonyl (C=O) groups excluding carboxylic acids is 1. The number of amides is 1. The van der Waals surface area contributed by atoms with Crippen molar-refractivity contribution in [1.29, 1.82) is 5.26 Å². The average molecular weight is 238 g/mol. The molecule has 0 aromatic rings. The Morgan fingerprint density at radius 2 is 2.47 bits per heavy atom. The van der Waals surface area contributed by atoms with Crippen molar-refractivity contribution in [3.8, 4) is 6.07 Å². The lowest BCUT2D eigenvalue weighted by Crippen LogP contribution is -2.54. The van der Waals surface area contributed by atoms with Crippen LogP contribution >= 0.6 is 0 Å². The van der Waals surface area contributed by atoms with Gasteiger partial charge in [0.15, 0.2) is 0 Å². The maximum Gasteiger partial charge on any atom is 0.234 e. The molecule has 1 rings (SSSR count). The first-order chi connectivity index (χ1) is 8.17. The van der Waals surface area contributed by atoms with Crippen molar-refractivity contribution in [1.82, 2.24) is 15.5 Å². The summed E-state index contributed by atoms with van der Waals surface area (Å²) in [7, 11) is 0. The second kappa shape index (κ2) is 7.25. The van der Waals surface area contributed by atoms with E-state index in [-0.39, 0.29) is 18.0 Å². The van der Waals surface area contributed by atoms with Crippen molar-refractivity contribution in [2.24, 2.45) is 0 Å². The Kier molecular flexibility index (Phi) is 5.95. The summed E-state index contributed by atoms with van der Waals surface area (Å²) in [6, 6.07) is 2.26. The molecule has 0 aliphatic carbocycles. The van der Waals surface area contributed by atoms with Gasteiger partial charge in [0.1, 0.15) is 6.04 Å². The second-order valence-electron chi connectivity index (χ2n) is 4.58. The van der Waals surface area contributed by atoms with Gasteiger partial charge in [-0.2, -0.15) is 5.26 Å². The Bertz CT molecular complexity index is 287. The molecule has 2 atom stereocenters. The lowest BCUT2D eigenvalue weighted by atomic mass is 10.2. The maximum absolute atomic E-state index is 11.8. The zero-order valence-corrected chi connectivity index (χ0v) is 10.7. The van der Waals surface area contributed by atoms with Gasteiger partial charge in [-0.05, 0) is 13.3 Å². The largest absolute Gasteiger partial charge is 0.353 e. The molecule has 0 aromatic heterocycles. The van der Waals surface area contributed by atoms with E-state index >= 15 is 0 Å². The Morgan fingerprint density at radius 1 is 1.71 bits per heavy atom. The molecule has 0 bridgehead atoms. The molecule has 0 spiro atoms. The van der Waals surface area contributed by atoms with E-state index in [0.29, 0.717) is 13.1 Å². The van der Waals surface area contributed by atoms with Gasteiger partial charge >= 0.3 is 0 Å². The van der Waals surface area contributed by atoms with E-state index in [4.69, 9.17) is 5.26 Å². The van der Waals surface area contributed by atoms with Gasteiger partial charge in [-0.3, -0.25) is 9.69 Å². The summed E-state index contributed by atoms with van der Waals surface area (Å²) in [4.78, 5) is 13.7. The average Bonchev–Trinajstić information content (AvgIpc) is 2.29. The standard InChI is InChI=1S/C12H22N4O/c1-3-4-10(2)15-12(17)9-16-6-5-14-8-11(16)7-13/h10-11,14H,3-6,8-9H2,1-2H3,(H,15,17). The summed E-state index contributed by atoms with van der Waals surface area (Å²) in [6.45, 7) is 6.69. The van der Waals surface area contributed by atoms with Gasteiger partial charge in [0.05, 0.1) is 12.6 Å².